The van der Waals surface area contributed by atoms with Gasteiger partial charge in [0.15, 0.2) is 11.2 Å². The van der Waals surface area contributed by atoms with Gasteiger partial charge in [0, 0.05) is 7.05 Å². The molecular weight excluding hydrogens is 376 g/mol. The number of fused-ring (bicyclic) bond motifs is 1. The molecule has 0 radical (unpaired) electrons. The Morgan fingerprint density at radius 1 is 1.38 bits per heavy atom. The minimum Gasteiger partial charge on any atom is -0.389 e. The number of aromatic nitrogens is 4. The third kappa shape index (κ3) is 4.68. The molecule has 0 bridgehead atoms. The average molecular weight is 398 g/mol. The first kappa shape index (κ1) is 20.2. The molecule has 2 aromatic heterocycles. The molecule has 0 saturated heterocycles. The van der Waals surface area contributed by atoms with Crippen LogP contribution in [0.5, 0.6) is 0 Å². The van der Waals surface area contributed by atoms with Crippen LogP contribution in [0, 0.1) is 0 Å². The molecule has 0 aliphatic rings. The number of hydrogen-bond acceptors (Lipinski definition) is 7. The highest BCUT2D eigenvalue weighted by atomic mass is 16.5. The molecule has 1 atom stereocenters. The standard InChI is InChI=1S/C19H22N6O4/c1-3-9-29-12-14(26)11-25-15-16(24(2)19(28)22-17(15)27)21-18(25)23-20-10-13-7-5-4-6-8-13/h3-8,10,14,26H,1,9,11-12H2,2H3,(H,21,23)(H,22,27,28)/b20-10-/t14-/m0/s1. The van der Waals surface area contributed by atoms with E-state index in [4.69, 9.17) is 4.74 Å². The fourth-order valence-electron chi connectivity index (χ4n) is 2.75. The van der Waals surface area contributed by atoms with E-state index in [2.05, 4.69) is 27.1 Å². The molecule has 29 heavy (non-hydrogen) atoms. The van der Waals surface area contributed by atoms with Gasteiger partial charge in [0.05, 0.1) is 32.1 Å². The highest BCUT2D eigenvalue weighted by Gasteiger charge is 2.19. The molecule has 10 nitrogen and oxygen atoms in total. The van der Waals surface area contributed by atoms with Crippen molar-refractivity contribution in [1.82, 2.24) is 19.1 Å². The molecule has 10 heteroatoms. The Morgan fingerprint density at radius 3 is 2.86 bits per heavy atom. The van der Waals surface area contributed by atoms with Crippen molar-refractivity contribution in [3.63, 3.8) is 0 Å². The third-order valence-electron chi connectivity index (χ3n) is 4.12. The van der Waals surface area contributed by atoms with Gasteiger partial charge in [-0.3, -0.25) is 14.3 Å². The van der Waals surface area contributed by atoms with Crippen molar-refractivity contribution in [3.05, 3.63) is 69.4 Å². The van der Waals surface area contributed by atoms with Crippen molar-refractivity contribution in [2.75, 3.05) is 18.6 Å². The molecule has 152 valence electrons. The maximum atomic E-state index is 12.4. The lowest BCUT2D eigenvalue weighted by atomic mass is 10.2. The molecule has 3 aromatic rings. The van der Waals surface area contributed by atoms with E-state index < -0.39 is 17.4 Å². The summed E-state index contributed by atoms with van der Waals surface area (Å²) in [7, 11) is 1.50. The second-order valence-corrected chi connectivity index (χ2v) is 6.30. The number of imidazole rings is 1. The molecular formula is C19H22N6O4. The van der Waals surface area contributed by atoms with Gasteiger partial charge in [-0.05, 0) is 5.56 Å². The highest BCUT2D eigenvalue weighted by molar-refractivity contribution is 5.80. The predicted octanol–water partition coefficient (Wildman–Crippen LogP) is 0.433. The van der Waals surface area contributed by atoms with Crippen molar-refractivity contribution in [2.45, 2.75) is 12.6 Å². The molecule has 0 aliphatic carbocycles. The van der Waals surface area contributed by atoms with E-state index in [1.165, 1.54) is 16.2 Å². The van der Waals surface area contributed by atoms with Crippen LogP contribution in [0.15, 0.2) is 57.7 Å². The fraction of sp³-hybridized carbons (Fsp3) is 0.263. The summed E-state index contributed by atoms with van der Waals surface area (Å²) in [5.74, 6) is 0.210. The van der Waals surface area contributed by atoms with Crippen molar-refractivity contribution < 1.29 is 9.84 Å². The van der Waals surface area contributed by atoms with Gasteiger partial charge in [-0.2, -0.15) is 10.1 Å². The monoisotopic (exact) mass is 398 g/mol. The summed E-state index contributed by atoms with van der Waals surface area (Å²) in [4.78, 5) is 30.9. The summed E-state index contributed by atoms with van der Waals surface area (Å²) in [5, 5.41) is 14.4. The zero-order valence-electron chi connectivity index (χ0n) is 15.9. The van der Waals surface area contributed by atoms with E-state index in [-0.39, 0.29) is 30.3 Å². The van der Waals surface area contributed by atoms with Crippen LogP contribution < -0.4 is 16.7 Å². The molecule has 0 unspecified atom stereocenters. The molecule has 0 spiro atoms. The van der Waals surface area contributed by atoms with Gasteiger partial charge in [0.25, 0.3) is 5.56 Å². The largest absolute Gasteiger partial charge is 0.389 e. The summed E-state index contributed by atoms with van der Waals surface area (Å²) in [6.45, 7) is 3.90. The van der Waals surface area contributed by atoms with Crippen LogP contribution in [0.1, 0.15) is 5.56 Å². The first-order valence-electron chi connectivity index (χ1n) is 8.91. The lowest BCUT2D eigenvalue weighted by Crippen LogP contribution is -2.30. The number of hydrazone groups is 1. The molecule has 0 saturated carbocycles. The lowest BCUT2D eigenvalue weighted by molar-refractivity contribution is 0.0405. The van der Waals surface area contributed by atoms with Gasteiger partial charge in [-0.15, -0.1) is 6.58 Å². The number of nitrogens with zero attached hydrogens (tertiary/aromatic N) is 4. The maximum Gasteiger partial charge on any atom is 0.329 e. The summed E-state index contributed by atoms with van der Waals surface area (Å²) < 4.78 is 7.96. The Labute approximate surface area is 165 Å². The Morgan fingerprint density at radius 2 is 2.14 bits per heavy atom. The van der Waals surface area contributed by atoms with Crippen molar-refractivity contribution >= 4 is 23.3 Å². The minimum absolute atomic E-state index is 0.0120. The molecule has 0 amide bonds. The van der Waals surface area contributed by atoms with Gasteiger partial charge in [-0.25, -0.2) is 10.2 Å². The van der Waals surface area contributed by atoms with Gasteiger partial charge in [0.2, 0.25) is 5.95 Å². The van der Waals surface area contributed by atoms with Crippen LogP contribution in [-0.4, -0.2) is 49.7 Å². The van der Waals surface area contributed by atoms with E-state index in [9.17, 15) is 14.7 Å². The number of ether oxygens (including phenoxy) is 1. The Kier molecular flexibility index (Phi) is 6.37. The Balaban J connectivity index is 1.96. The van der Waals surface area contributed by atoms with Gasteiger partial charge in [0.1, 0.15) is 0 Å². The molecule has 1 aromatic carbocycles. The van der Waals surface area contributed by atoms with Crippen molar-refractivity contribution in [3.8, 4) is 0 Å². The van der Waals surface area contributed by atoms with Crippen LogP contribution in [0.3, 0.4) is 0 Å². The van der Waals surface area contributed by atoms with Crippen molar-refractivity contribution in [1.29, 1.82) is 0 Å². The van der Waals surface area contributed by atoms with Gasteiger partial charge in [-0.1, -0.05) is 36.4 Å². The number of aliphatic hydroxyl groups excluding tert-OH is 1. The summed E-state index contributed by atoms with van der Waals surface area (Å²) in [5.41, 5.74) is 2.79. The fourth-order valence-corrected chi connectivity index (χ4v) is 2.75. The zero-order valence-corrected chi connectivity index (χ0v) is 15.9. The summed E-state index contributed by atoms with van der Waals surface area (Å²) in [6.07, 6.45) is 2.25. The normalized spacial score (nSPS) is 12.5. The first-order valence-corrected chi connectivity index (χ1v) is 8.91. The molecule has 2 heterocycles. The zero-order chi connectivity index (χ0) is 20.8. The lowest BCUT2D eigenvalue weighted by Gasteiger charge is -2.13. The summed E-state index contributed by atoms with van der Waals surface area (Å²) in [6, 6.07) is 9.41. The maximum absolute atomic E-state index is 12.4. The van der Waals surface area contributed by atoms with E-state index in [0.29, 0.717) is 6.61 Å². The third-order valence-corrected chi connectivity index (χ3v) is 4.12. The van der Waals surface area contributed by atoms with Crippen molar-refractivity contribution in [2.24, 2.45) is 12.1 Å². The topological polar surface area (TPSA) is 127 Å². The van der Waals surface area contributed by atoms with Crippen LogP contribution in [0.25, 0.3) is 11.2 Å². The second-order valence-electron chi connectivity index (χ2n) is 6.30. The van der Waals surface area contributed by atoms with E-state index in [1.54, 1.807) is 12.3 Å². The molecule has 0 aliphatic heterocycles. The molecule has 3 N–H and O–H groups in total. The van der Waals surface area contributed by atoms with Gasteiger partial charge >= 0.3 is 5.69 Å². The Hall–Kier alpha value is -3.50. The number of aliphatic hydroxyl groups is 1. The average Bonchev–Trinajstić information content (AvgIpc) is 3.06. The predicted molar refractivity (Wildman–Crippen MR) is 110 cm³/mol. The minimum atomic E-state index is -0.914. The second kappa shape index (κ2) is 9.13. The van der Waals surface area contributed by atoms with E-state index >= 15 is 0 Å². The molecule has 0 fully saturated rings. The number of rotatable bonds is 9. The van der Waals surface area contributed by atoms with Gasteiger partial charge < -0.3 is 14.4 Å². The quantitative estimate of drug-likeness (QED) is 0.208. The van der Waals surface area contributed by atoms with Crippen LogP contribution in [0.4, 0.5) is 5.95 Å². The number of aromatic amines is 1. The van der Waals surface area contributed by atoms with Crippen LogP contribution in [0.2, 0.25) is 0 Å². The van der Waals surface area contributed by atoms with Crippen LogP contribution in [-0.2, 0) is 18.3 Å². The number of H-pyrrole nitrogens is 1. The first-order chi connectivity index (χ1) is 14.0. The number of nitrogens with one attached hydrogen (secondary N) is 2. The summed E-state index contributed by atoms with van der Waals surface area (Å²) >= 11 is 0. The molecule has 3 rings (SSSR count). The van der Waals surface area contributed by atoms with E-state index in [0.717, 1.165) is 5.56 Å². The number of anilines is 1. The Bertz CT molecular complexity index is 1130. The number of benzene rings is 1. The SMILES string of the molecule is C=CCOC[C@@H](O)Cn1c(N/N=C\c2ccccc2)nc2c1c(=O)[nH]c(=O)n2C. The number of aryl methyl sites for hydroxylation is 1. The van der Waals surface area contributed by atoms with E-state index in [1.807, 2.05) is 30.3 Å². The number of hydrogen-bond donors (Lipinski definition) is 3. The highest BCUT2D eigenvalue weighted by Crippen LogP contribution is 2.16. The van der Waals surface area contributed by atoms with Crippen LogP contribution >= 0.6 is 0 Å². The smallest absolute Gasteiger partial charge is 0.329 e.